The number of hydrogen-bond donors (Lipinski definition) is 1. The number of thioether (sulfide) groups is 1. The zero-order valence-electron chi connectivity index (χ0n) is 11.0. The Morgan fingerprint density at radius 1 is 1.33 bits per heavy atom. The summed E-state index contributed by atoms with van der Waals surface area (Å²) >= 11 is 2.07. The highest BCUT2D eigenvalue weighted by Crippen LogP contribution is 2.35. The maximum atomic E-state index is 6.04. The van der Waals surface area contributed by atoms with E-state index in [1.807, 2.05) is 0 Å². The van der Waals surface area contributed by atoms with Gasteiger partial charge in [-0.3, -0.25) is 0 Å². The van der Waals surface area contributed by atoms with Gasteiger partial charge >= 0.3 is 0 Å². The monoisotopic (exact) mass is 263 g/mol. The number of rotatable bonds is 3. The molecule has 2 heterocycles. The van der Waals surface area contributed by atoms with Crippen LogP contribution in [0.2, 0.25) is 0 Å². The predicted molar refractivity (Wildman–Crippen MR) is 78.8 cm³/mol. The molecular weight excluding hydrogens is 242 g/mol. The Balaban J connectivity index is 1.62. The largest absolute Gasteiger partial charge is 0.493 e. The van der Waals surface area contributed by atoms with Gasteiger partial charge < -0.3 is 10.1 Å². The van der Waals surface area contributed by atoms with Crippen LogP contribution in [0, 0.1) is 5.41 Å². The van der Waals surface area contributed by atoms with Crippen LogP contribution < -0.4 is 10.1 Å². The molecule has 1 N–H and O–H groups in total. The smallest absolute Gasteiger partial charge is 0.119 e. The molecule has 1 saturated heterocycles. The first kappa shape index (κ1) is 12.2. The van der Waals surface area contributed by atoms with E-state index in [4.69, 9.17) is 4.74 Å². The molecule has 0 radical (unpaired) electrons. The Morgan fingerprint density at radius 2 is 2.17 bits per heavy atom. The number of hydrogen-bond acceptors (Lipinski definition) is 3. The van der Waals surface area contributed by atoms with E-state index in [9.17, 15) is 0 Å². The standard InChI is InChI=1S/C15H21NOS/c1-15(5-8-18-9-6-15)11-17-13-2-3-14-12(10-13)4-7-16-14/h2-3,10,16H,4-9,11H2,1H3. The van der Waals surface area contributed by atoms with E-state index in [-0.39, 0.29) is 0 Å². The molecule has 3 heteroatoms. The summed E-state index contributed by atoms with van der Waals surface area (Å²) in [5.41, 5.74) is 3.06. The molecule has 18 heavy (non-hydrogen) atoms. The maximum absolute atomic E-state index is 6.04. The van der Waals surface area contributed by atoms with Gasteiger partial charge in [-0.2, -0.15) is 11.8 Å². The molecule has 1 fully saturated rings. The van der Waals surface area contributed by atoms with Crippen molar-refractivity contribution in [3.63, 3.8) is 0 Å². The van der Waals surface area contributed by atoms with Crippen molar-refractivity contribution in [3.8, 4) is 5.75 Å². The molecule has 2 aliphatic rings. The van der Waals surface area contributed by atoms with E-state index in [0.29, 0.717) is 5.41 Å². The Labute approximate surface area is 113 Å². The lowest BCUT2D eigenvalue weighted by molar-refractivity contribution is 0.151. The molecule has 0 bridgehead atoms. The summed E-state index contributed by atoms with van der Waals surface area (Å²) in [6.07, 6.45) is 3.69. The highest BCUT2D eigenvalue weighted by Gasteiger charge is 2.28. The summed E-state index contributed by atoms with van der Waals surface area (Å²) in [4.78, 5) is 0. The molecule has 1 aromatic rings. The van der Waals surface area contributed by atoms with Gasteiger partial charge in [0.05, 0.1) is 6.61 Å². The van der Waals surface area contributed by atoms with Gasteiger partial charge in [0.1, 0.15) is 5.75 Å². The van der Waals surface area contributed by atoms with Crippen LogP contribution in [-0.2, 0) is 6.42 Å². The summed E-state index contributed by atoms with van der Waals surface area (Å²) in [7, 11) is 0. The van der Waals surface area contributed by atoms with Gasteiger partial charge in [0, 0.05) is 17.6 Å². The van der Waals surface area contributed by atoms with Gasteiger partial charge in [-0.1, -0.05) is 6.92 Å². The van der Waals surface area contributed by atoms with Crippen LogP contribution in [0.25, 0.3) is 0 Å². The van der Waals surface area contributed by atoms with Gasteiger partial charge in [-0.25, -0.2) is 0 Å². The molecule has 2 aliphatic heterocycles. The van der Waals surface area contributed by atoms with Crippen molar-refractivity contribution in [1.82, 2.24) is 0 Å². The molecule has 0 spiro atoms. The highest BCUT2D eigenvalue weighted by atomic mass is 32.2. The molecule has 0 atom stereocenters. The van der Waals surface area contributed by atoms with E-state index >= 15 is 0 Å². The van der Waals surface area contributed by atoms with Gasteiger partial charge in [0.2, 0.25) is 0 Å². The molecule has 0 unspecified atom stereocenters. The lowest BCUT2D eigenvalue weighted by Gasteiger charge is -2.32. The molecule has 1 aromatic carbocycles. The summed E-state index contributed by atoms with van der Waals surface area (Å²) in [6.45, 7) is 4.29. The van der Waals surface area contributed by atoms with Crippen molar-refractivity contribution in [2.45, 2.75) is 26.2 Å². The van der Waals surface area contributed by atoms with Crippen molar-refractivity contribution in [3.05, 3.63) is 23.8 Å². The number of ether oxygens (including phenoxy) is 1. The van der Waals surface area contributed by atoms with Crippen LogP contribution in [0.4, 0.5) is 5.69 Å². The Kier molecular flexibility index (Phi) is 3.42. The van der Waals surface area contributed by atoms with Gasteiger partial charge in [-0.05, 0) is 54.5 Å². The Morgan fingerprint density at radius 3 is 3.00 bits per heavy atom. The summed E-state index contributed by atoms with van der Waals surface area (Å²) in [5.74, 6) is 3.61. The minimum atomic E-state index is 0.377. The average Bonchev–Trinajstić information content (AvgIpc) is 2.85. The van der Waals surface area contributed by atoms with Crippen molar-refractivity contribution < 1.29 is 4.74 Å². The van der Waals surface area contributed by atoms with Crippen LogP contribution in [-0.4, -0.2) is 24.7 Å². The van der Waals surface area contributed by atoms with Crippen LogP contribution in [0.3, 0.4) is 0 Å². The fourth-order valence-electron chi connectivity index (χ4n) is 2.64. The van der Waals surface area contributed by atoms with Crippen molar-refractivity contribution in [2.75, 3.05) is 30.0 Å². The van der Waals surface area contributed by atoms with Crippen molar-refractivity contribution in [1.29, 1.82) is 0 Å². The first-order valence-electron chi connectivity index (χ1n) is 6.83. The average molecular weight is 263 g/mol. The highest BCUT2D eigenvalue weighted by molar-refractivity contribution is 7.99. The lowest BCUT2D eigenvalue weighted by Crippen LogP contribution is -2.29. The molecule has 0 amide bonds. The third-order valence-corrected chi connectivity index (χ3v) is 5.06. The van der Waals surface area contributed by atoms with E-state index in [2.05, 4.69) is 42.2 Å². The SMILES string of the molecule is CC1(COc2ccc3c(c2)CCN3)CCSCC1. The molecule has 2 nitrogen and oxygen atoms in total. The van der Waals surface area contributed by atoms with E-state index < -0.39 is 0 Å². The molecular formula is C15H21NOS. The number of benzene rings is 1. The first-order valence-corrected chi connectivity index (χ1v) is 7.98. The molecule has 3 rings (SSSR count). The second-order valence-electron chi connectivity index (χ2n) is 5.71. The topological polar surface area (TPSA) is 21.3 Å². The fraction of sp³-hybridized carbons (Fsp3) is 0.600. The van der Waals surface area contributed by atoms with Gasteiger partial charge in [-0.15, -0.1) is 0 Å². The summed E-state index contributed by atoms with van der Waals surface area (Å²) in [6, 6.07) is 6.45. The molecule has 0 aromatic heterocycles. The van der Waals surface area contributed by atoms with E-state index in [1.54, 1.807) is 0 Å². The zero-order chi connectivity index (χ0) is 12.4. The third-order valence-electron chi connectivity index (χ3n) is 4.07. The summed E-state index contributed by atoms with van der Waals surface area (Å²) in [5, 5.41) is 3.38. The molecule has 0 aliphatic carbocycles. The maximum Gasteiger partial charge on any atom is 0.119 e. The number of fused-ring (bicyclic) bond motifs is 1. The van der Waals surface area contributed by atoms with Crippen LogP contribution in [0.15, 0.2) is 18.2 Å². The van der Waals surface area contributed by atoms with E-state index in [1.165, 1.54) is 35.6 Å². The Hall–Kier alpha value is -0.830. The summed E-state index contributed by atoms with van der Waals surface area (Å²) < 4.78 is 6.04. The first-order chi connectivity index (χ1) is 8.75. The van der Waals surface area contributed by atoms with Crippen LogP contribution >= 0.6 is 11.8 Å². The predicted octanol–water partition coefficient (Wildman–Crippen LogP) is 3.57. The zero-order valence-corrected chi connectivity index (χ0v) is 11.8. The Bertz CT molecular complexity index is 427. The third kappa shape index (κ3) is 2.61. The second kappa shape index (κ2) is 5.04. The van der Waals surface area contributed by atoms with Crippen molar-refractivity contribution in [2.24, 2.45) is 5.41 Å². The minimum absolute atomic E-state index is 0.377. The molecule has 0 saturated carbocycles. The quantitative estimate of drug-likeness (QED) is 0.901. The number of nitrogens with one attached hydrogen (secondary N) is 1. The minimum Gasteiger partial charge on any atom is -0.493 e. The lowest BCUT2D eigenvalue weighted by atomic mass is 9.85. The van der Waals surface area contributed by atoms with Crippen molar-refractivity contribution >= 4 is 17.4 Å². The van der Waals surface area contributed by atoms with E-state index in [0.717, 1.165) is 25.3 Å². The fourth-order valence-corrected chi connectivity index (χ4v) is 4.12. The second-order valence-corrected chi connectivity index (χ2v) is 6.93. The van der Waals surface area contributed by atoms with Gasteiger partial charge in [0.25, 0.3) is 0 Å². The molecule has 98 valence electrons. The van der Waals surface area contributed by atoms with Crippen LogP contribution in [0.1, 0.15) is 25.3 Å². The normalized spacial score (nSPS) is 21.2. The van der Waals surface area contributed by atoms with Crippen LogP contribution in [0.5, 0.6) is 5.75 Å². The van der Waals surface area contributed by atoms with Gasteiger partial charge in [0.15, 0.2) is 0 Å². The number of anilines is 1.